The Balaban J connectivity index is 1.78. The van der Waals surface area contributed by atoms with Crippen LogP contribution in [0.1, 0.15) is 35.8 Å². The minimum absolute atomic E-state index is 0.444. The fraction of sp³-hybridized carbons (Fsp3) is 0.304. The van der Waals surface area contributed by atoms with Gasteiger partial charge in [0.05, 0.1) is 14.0 Å². The molecule has 132 valence electrons. The number of aryl methyl sites for hydroxylation is 1. The van der Waals surface area contributed by atoms with Crippen molar-refractivity contribution in [1.82, 2.24) is 0 Å². The van der Waals surface area contributed by atoms with Crippen molar-refractivity contribution in [3.63, 3.8) is 0 Å². The Morgan fingerprint density at radius 2 is 1.77 bits per heavy atom. The van der Waals surface area contributed by atoms with Crippen LogP contribution in [0.25, 0.3) is 16.8 Å². The average Bonchev–Trinajstić information content (AvgIpc) is 3.25. The summed E-state index contributed by atoms with van der Waals surface area (Å²) in [5, 5.41) is 3.95. The van der Waals surface area contributed by atoms with Crippen molar-refractivity contribution in [3.8, 4) is 0 Å². The molecule has 0 fully saturated rings. The largest absolute Gasteiger partial charge is 0.141 e. The third-order valence-corrected chi connectivity index (χ3v) is 10.7. The lowest BCUT2D eigenvalue weighted by Crippen LogP contribution is -2.22. The Kier molecular flexibility index (Phi) is 3.79. The van der Waals surface area contributed by atoms with Gasteiger partial charge in [0.2, 0.25) is 0 Å². The van der Waals surface area contributed by atoms with Crippen molar-refractivity contribution in [2.75, 3.05) is 0 Å². The molecule has 0 saturated carbocycles. The van der Waals surface area contributed by atoms with Crippen molar-refractivity contribution in [2.24, 2.45) is 0 Å². The van der Waals surface area contributed by atoms with Crippen molar-refractivity contribution >= 4 is 48.7 Å². The van der Waals surface area contributed by atoms with Gasteiger partial charge in [-0.3, -0.25) is 0 Å². The zero-order chi connectivity index (χ0) is 18.2. The van der Waals surface area contributed by atoms with E-state index >= 15 is 0 Å². The molecule has 0 spiro atoms. The Bertz CT molecular complexity index is 1130. The van der Waals surface area contributed by atoms with Crippen molar-refractivity contribution in [3.05, 3.63) is 72.1 Å². The lowest BCUT2D eigenvalue weighted by Gasteiger charge is -2.21. The van der Waals surface area contributed by atoms with Crippen molar-refractivity contribution in [2.45, 2.75) is 45.0 Å². The minimum Gasteiger partial charge on any atom is -0.141 e. The number of rotatable bonds is 2. The van der Waals surface area contributed by atoms with Crippen molar-refractivity contribution in [1.29, 1.82) is 0 Å². The highest BCUT2D eigenvalue weighted by atomic mass is 32.2. The minimum atomic E-state index is -0.848. The molecule has 1 aliphatic heterocycles. The zero-order valence-electron chi connectivity index (χ0n) is 16.0. The molecule has 2 aliphatic carbocycles. The Morgan fingerprint density at radius 1 is 1.00 bits per heavy atom. The molecule has 5 rings (SSSR count). The van der Waals surface area contributed by atoms with Gasteiger partial charge in [0.1, 0.15) is 0 Å². The van der Waals surface area contributed by atoms with Crippen LogP contribution in [0.15, 0.2) is 46.4 Å². The van der Waals surface area contributed by atoms with E-state index in [0.717, 1.165) is 0 Å². The number of thioether (sulfide) groups is 1. The van der Waals surface area contributed by atoms with Crippen LogP contribution in [-0.4, -0.2) is 14.0 Å². The summed E-state index contributed by atoms with van der Waals surface area (Å²) in [5.74, 6) is 0.444. The van der Waals surface area contributed by atoms with Gasteiger partial charge in [-0.15, -0.1) is 23.1 Å². The molecular formula is C23H24S2Si. The first-order valence-corrected chi connectivity index (χ1v) is 14.0. The molecule has 3 heteroatoms. The lowest BCUT2D eigenvalue weighted by atomic mass is 9.83. The van der Waals surface area contributed by atoms with Crippen LogP contribution in [-0.2, 0) is 0 Å². The summed E-state index contributed by atoms with van der Waals surface area (Å²) in [6, 6.07) is 11.4. The smallest absolute Gasteiger partial charge is 0.0633 e. The summed E-state index contributed by atoms with van der Waals surface area (Å²) in [6.45, 7) is 12.0. The van der Waals surface area contributed by atoms with Gasteiger partial charge in [-0.1, -0.05) is 49.0 Å². The van der Waals surface area contributed by atoms with Crippen LogP contribution >= 0.6 is 23.1 Å². The van der Waals surface area contributed by atoms with E-state index in [2.05, 4.69) is 82.0 Å². The van der Waals surface area contributed by atoms with Gasteiger partial charge in [-0.25, -0.2) is 0 Å². The Hall–Kier alpha value is -1.29. The molecule has 1 aromatic carbocycles. The highest BCUT2D eigenvalue weighted by molar-refractivity contribution is 8.05. The van der Waals surface area contributed by atoms with E-state index in [4.69, 9.17) is 0 Å². The summed E-state index contributed by atoms with van der Waals surface area (Å²) in [5.41, 5.74) is 7.67. The third-order valence-electron chi connectivity index (χ3n) is 5.97. The highest BCUT2D eigenvalue weighted by Gasteiger charge is 2.41. The summed E-state index contributed by atoms with van der Waals surface area (Å²) < 4.78 is 1.62. The van der Waals surface area contributed by atoms with Gasteiger partial charge in [-0.05, 0) is 64.4 Å². The van der Waals surface area contributed by atoms with E-state index in [1.54, 1.807) is 31.0 Å². The normalized spacial score (nSPS) is 23.7. The van der Waals surface area contributed by atoms with E-state index < -0.39 is 8.80 Å². The fourth-order valence-electron chi connectivity index (χ4n) is 4.97. The maximum Gasteiger partial charge on any atom is 0.0633 e. The molecule has 2 aromatic rings. The van der Waals surface area contributed by atoms with Gasteiger partial charge in [0.15, 0.2) is 0 Å². The van der Waals surface area contributed by atoms with Crippen LogP contribution in [0.2, 0.25) is 13.1 Å². The number of fused-ring (bicyclic) bond motifs is 3. The molecule has 0 N–H and O–H groups in total. The first-order chi connectivity index (χ1) is 12.5. The van der Waals surface area contributed by atoms with E-state index in [1.807, 2.05) is 11.3 Å². The molecule has 0 amide bonds. The molecule has 26 heavy (non-hydrogen) atoms. The molecule has 2 atom stereocenters. The van der Waals surface area contributed by atoms with E-state index in [1.165, 1.54) is 21.6 Å². The molecule has 2 heterocycles. The number of thiophene rings is 1. The van der Waals surface area contributed by atoms with Gasteiger partial charge in [-0.2, -0.15) is 0 Å². The molecule has 2 unspecified atom stereocenters. The van der Waals surface area contributed by atoms with Crippen molar-refractivity contribution < 1.29 is 0 Å². The maximum absolute atomic E-state index is 2.50. The summed E-state index contributed by atoms with van der Waals surface area (Å²) >= 11 is 4.16. The topological polar surface area (TPSA) is 0 Å². The van der Waals surface area contributed by atoms with Crippen LogP contribution in [0.3, 0.4) is 0 Å². The van der Waals surface area contributed by atoms with Gasteiger partial charge in [0.25, 0.3) is 0 Å². The predicted molar refractivity (Wildman–Crippen MR) is 121 cm³/mol. The Morgan fingerprint density at radius 3 is 2.54 bits per heavy atom. The predicted octanol–water partition coefficient (Wildman–Crippen LogP) is 4.99. The molecule has 0 radical (unpaired) electrons. The molecular weight excluding hydrogens is 368 g/mol. The van der Waals surface area contributed by atoms with Gasteiger partial charge < -0.3 is 0 Å². The highest BCUT2D eigenvalue weighted by Crippen LogP contribution is 2.55. The standard InChI is InChI=1S/C23H24S2Si/c1-12-10-15-8-6-7-9-16(15)18(12)19-14(3)25-22-20(19)17-11-13(2)24-21(17)23(22)26(4)5/h6-11,18,22,26H,1-5H3. The monoisotopic (exact) mass is 392 g/mol. The number of allylic oxidation sites excluding steroid dienone is 3. The van der Waals surface area contributed by atoms with Crippen LogP contribution in [0.4, 0.5) is 0 Å². The SMILES string of the molecule is CC1=Cc2ccccc2C1C1=C(C)SC2C1=c1cc(C)sc1=C2[SiH](C)C. The number of hydrogen-bond donors (Lipinski definition) is 0. The summed E-state index contributed by atoms with van der Waals surface area (Å²) in [4.78, 5) is 3.00. The van der Waals surface area contributed by atoms with E-state index in [0.29, 0.717) is 11.2 Å². The van der Waals surface area contributed by atoms with Gasteiger partial charge in [0, 0.05) is 15.3 Å². The molecule has 0 bridgehead atoms. The summed E-state index contributed by atoms with van der Waals surface area (Å²) in [6.07, 6.45) is 2.40. The quantitative estimate of drug-likeness (QED) is 0.649. The van der Waals surface area contributed by atoms with E-state index in [-0.39, 0.29) is 0 Å². The number of benzene rings is 1. The van der Waals surface area contributed by atoms with E-state index in [9.17, 15) is 0 Å². The lowest BCUT2D eigenvalue weighted by molar-refractivity contribution is 0.973. The summed E-state index contributed by atoms with van der Waals surface area (Å²) in [7, 11) is -0.848. The molecule has 1 aromatic heterocycles. The molecule has 0 nitrogen and oxygen atoms in total. The molecule has 3 aliphatic rings. The van der Waals surface area contributed by atoms with Crippen LogP contribution in [0, 0.1) is 6.92 Å². The second-order valence-corrected chi connectivity index (χ2v) is 13.5. The van der Waals surface area contributed by atoms with Crippen LogP contribution in [0.5, 0.6) is 0 Å². The fourth-order valence-corrected chi connectivity index (χ4v) is 10.7. The average molecular weight is 393 g/mol. The second kappa shape index (κ2) is 5.85. The third kappa shape index (κ3) is 2.20. The van der Waals surface area contributed by atoms with Crippen LogP contribution < -0.4 is 9.75 Å². The molecule has 0 saturated heterocycles. The zero-order valence-corrected chi connectivity index (χ0v) is 18.8. The first kappa shape index (κ1) is 16.8. The Labute approximate surface area is 165 Å². The first-order valence-electron chi connectivity index (χ1n) is 9.47. The maximum atomic E-state index is 2.50. The van der Waals surface area contributed by atoms with Gasteiger partial charge >= 0.3 is 0 Å². The second-order valence-electron chi connectivity index (χ2n) is 8.04. The number of hydrogen-bond acceptors (Lipinski definition) is 2.